The maximum absolute atomic E-state index is 12.8. The van der Waals surface area contributed by atoms with Gasteiger partial charge < -0.3 is 14.4 Å². The highest BCUT2D eigenvalue weighted by Crippen LogP contribution is 2.35. The van der Waals surface area contributed by atoms with Crippen LogP contribution in [-0.2, 0) is 14.8 Å². The second-order valence-corrected chi connectivity index (χ2v) is 7.96. The Kier molecular flexibility index (Phi) is 6.79. The van der Waals surface area contributed by atoms with Crippen molar-refractivity contribution in [3.63, 3.8) is 0 Å². The first-order valence-corrected chi connectivity index (χ1v) is 10.0. The Morgan fingerprint density at radius 1 is 1.08 bits per heavy atom. The number of rotatable bonds is 5. The molecule has 0 bridgehead atoms. The van der Waals surface area contributed by atoms with Crippen LogP contribution in [0.3, 0.4) is 0 Å². The summed E-state index contributed by atoms with van der Waals surface area (Å²) in [4.78, 5) is 13.1. The summed E-state index contributed by atoms with van der Waals surface area (Å²) in [6, 6.07) is 2.69. The lowest BCUT2D eigenvalue weighted by atomic mass is 10.3. The molecule has 1 fully saturated rings. The van der Waals surface area contributed by atoms with Gasteiger partial charge in [0.05, 0.1) is 23.3 Å². The van der Waals surface area contributed by atoms with E-state index in [0.29, 0.717) is 12.4 Å². The van der Waals surface area contributed by atoms with Gasteiger partial charge in [-0.1, -0.05) is 23.2 Å². The number of nitrogens with zero attached hydrogens (tertiary/aromatic N) is 2. The van der Waals surface area contributed by atoms with Crippen molar-refractivity contribution >= 4 is 39.3 Å². The molecule has 2 rings (SSSR count). The summed E-state index contributed by atoms with van der Waals surface area (Å²) in [7, 11) is -3.83. The van der Waals surface area contributed by atoms with Crippen LogP contribution < -0.4 is 4.74 Å². The van der Waals surface area contributed by atoms with Crippen LogP contribution in [0, 0.1) is 0 Å². The van der Waals surface area contributed by atoms with Gasteiger partial charge >= 0.3 is 6.09 Å². The van der Waals surface area contributed by atoms with Crippen molar-refractivity contribution in [3.8, 4) is 5.75 Å². The van der Waals surface area contributed by atoms with Crippen LogP contribution in [0.1, 0.15) is 13.8 Å². The quantitative estimate of drug-likeness (QED) is 0.745. The van der Waals surface area contributed by atoms with Crippen LogP contribution >= 0.6 is 23.2 Å². The molecular formula is C15H20Cl2N2O5S. The number of piperazine rings is 1. The van der Waals surface area contributed by atoms with Crippen molar-refractivity contribution in [3.05, 3.63) is 22.2 Å². The Morgan fingerprint density at radius 2 is 1.72 bits per heavy atom. The normalized spacial score (nSPS) is 15.9. The molecule has 10 heteroatoms. The van der Waals surface area contributed by atoms with Gasteiger partial charge in [0.2, 0.25) is 10.0 Å². The van der Waals surface area contributed by atoms with Crippen LogP contribution in [0.2, 0.25) is 10.0 Å². The minimum Gasteiger partial charge on any atom is -0.492 e. The Labute approximate surface area is 157 Å². The lowest BCUT2D eigenvalue weighted by Gasteiger charge is -2.33. The molecule has 1 amide bonds. The number of amides is 1. The molecule has 0 aromatic heterocycles. The molecule has 0 atom stereocenters. The van der Waals surface area contributed by atoms with E-state index in [1.54, 1.807) is 13.8 Å². The summed E-state index contributed by atoms with van der Waals surface area (Å²) in [5.41, 5.74) is 0. The molecule has 1 aliphatic heterocycles. The lowest BCUT2D eigenvalue weighted by Crippen LogP contribution is -2.50. The molecule has 0 spiro atoms. The topological polar surface area (TPSA) is 76.2 Å². The van der Waals surface area contributed by atoms with Crippen LogP contribution in [0.15, 0.2) is 17.0 Å². The average molecular weight is 411 g/mol. The molecule has 0 aliphatic carbocycles. The molecule has 1 heterocycles. The van der Waals surface area contributed by atoms with Crippen LogP contribution in [0.5, 0.6) is 5.75 Å². The van der Waals surface area contributed by atoms with Crippen LogP contribution in [0.4, 0.5) is 4.79 Å². The molecule has 1 aromatic carbocycles. The van der Waals surface area contributed by atoms with E-state index in [-0.39, 0.29) is 47.7 Å². The molecule has 1 saturated heterocycles. The number of sulfonamides is 1. The van der Waals surface area contributed by atoms with Crippen molar-refractivity contribution in [2.45, 2.75) is 18.7 Å². The maximum atomic E-state index is 12.8. The van der Waals surface area contributed by atoms with Crippen molar-refractivity contribution < 1.29 is 22.7 Å². The summed E-state index contributed by atoms with van der Waals surface area (Å²) in [5.74, 6) is 0.334. The standard InChI is InChI=1S/C15H20Cl2N2O5S/c1-3-23-13-9-12(17)14(10-11(13)16)25(21,22)19-7-5-18(6-8-19)15(20)24-4-2/h9-10H,3-8H2,1-2H3. The molecule has 0 unspecified atom stereocenters. The highest BCUT2D eigenvalue weighted by Gasteiger charge is 2.32. The van der Waals surface area contributed by atoms with E-state index in [2.05, 4.69) is 0 Å². The second kappa shape index (κ2) is 8.44. The Bertz CT molecular complexity index is 734. The third-order valence-corrected chi connectivity index (χ3v) is 6.33. The van der Waals surface area contributed by atoms with Gasteiger partial charge in [0.15, 0.2) is 0 Å². The Morgan fingerprint density at radius 3 is 2.28 bits per heavy atom. The summed E-state index contributed by atoms with van der Waals surface area (Å²) < 4.78 is 37.2. The molecule has 1 aromatic rings. The third-order valence-electron chi connectivity index (χ3n) is 3.67. The number of hydrogen-bond donors (Lipinski definition) is 0. The predicted octanol–water partition coefficient (Wildman–Crippen LogP) is 2.85. The minimum atomic E-state index is -3.83. The maximum Gasteiger partial charge on any atom is 0.409 e. The molecule has 1 aliphatic rings. The van der Waals surface area contributed by atoms with Crippen molar-refractivity contribution in [1.29, 1.82) is 0 Å². The van der Waals surface area contributed by atoms with Gasteiger partial charge in [0.1, 0.15) is 10.6 Å². The van der Waals surface area contributed by atoms with Gasteiger partial charge in [0.25, 0.3) is 0 Å². The fraction of sp³-hybridized carbons (Fsp3) is 0.533. The van der Waals surface area contributed by atoms with E-state index in [0.717, 1.165) is 0 Å². The molecule has 25 heavy (non-hydrogen) atoms. The molecule has 0 saturated carbocycles. The number of halogens is 2. The van der Waals surface area contributed by atoms with Crippen molar-refractivity contribution in [1.82, 2.24) is 9.21 Å². The van der Waals surface area contributed by atoms with E-state index in [9.17, 15) is 13.2 Å². The average Bonchev–Trinajstić information content (AvgIpc) is 2.58. The summed E-state index contributed by atoms with van der Waals surface area (Å²) in [6.07, 6.45) is -0.443. The monoisotopic (exact) mass is 410 g/mol. The zero-order chi connectivity index (χ0) is 18.6. The number of benzene rings is 1. The van der Waals surface area contributed by atoms with Gasteiger partial charge in [-0.05, 0) is 19.9 Å². The number of carbonyl (C=O) groups is 1. The SMILES string of the molecule is CCOC(=O)N1CCN(S(=O)(=O)c2cc(Cl)c(OCC)cc2Cl)CC1. The van der Waals surface area contributed by atoms with Gasteiger partial charge in [-0.2, -0.15) is 4.31 Å². The first-order valence-electron chi connectivity index (χ1n) is 7.85. The van der Waals surface area contributed by atoms with Gasteiger partial charge in [-0.3, -0.25) is 0 Å². The van der Waals surface area contributed by atoms with E-state index in [4.69, 9.17) is 32.7 Å². The van der Waals surface area contributed by atoms with Crippen molar-refractivity contribution in [2.24, 2.45) is 0 Å². The molecule has 0 N–H and O–H groups in total. The van der Waals surface area contributed by atoms with Gasteiger partial charge in [0, 0.05) is 32.2 Å². The number of hydrogen-bond acceptors (Lipinski definition) is 5. The summed E-state index contributed by atoms with van der Waals surface area (Å²) >= 11 is 12.2. The lowest BCUT2D eigenvalue weighted by molar-refractivity contribution is 0.0934. The van der Waals surface area contributed by atoms with E-state index >= 15 is 0 Å². The van der Waals surface area contributed by atoms with E-state index in [1.807, 2.05) is 0 Å². The zero-order valence-corrected chi connectivity index (χ0v) is 16.3. The highest BCUT2D eigenvalue weighted by atomic mass is 35.5. The molecule has 0 radical (unpaired) electrons. The largest absolute Gasteiger partial charge is 0.492 e. The van der Waals surface area contributed by atoms with E-state index < -0.39 is 16.1 Å². The Hall–Kier alpha value is -1.22. The van der Waals surface area contributed by atoms with Crippen molar-refractivity contribution in [2.75, 3.05) is 39.4 Å². The first-order chi connectivity index (χ1) is 11.8. The zero-order valence-electron chi connectivity index (χ0n) is 14.0. The summed E-state index contributed by atoms with van der Waals surface area (Å²) in [6.45, 7) is 4.98. The van der Waals surface area contributed by atoms with Gasteiger partial charge in [-0.15, -0.1) is 0 Å². The summed E-state index contributed by atoms with van der Waals surface area (Å²) in [5, 5.41) is 0.218. The van der Waals surface area contributed by atoms with Crippen LogP contribution in [-0.4, -0.2) is 63.1 Å². The first kappa shape index (κ1) is 20.1. The predicted molar refractivity (Wildman–Crippen MR) is 95.0 cm³/mol. The Balaban J connectivity index is 2.17. The van der Waals surface area contributed by atoms with E-state index in [1.165, 1.54) is 21.3 Å². The molecule has 7 nitrogen and oxygen atoms in total. The molecular weight excluding hydrogens is 391 g/mol. The molecule has 140 valence electrons. The van der Waals surface area contributed by atoms with Gasteiger partial charge in [-0.25, -0.2) is 13.2 Å². The number of ether oxygens (including phenoxy) is 2. The number of carbonyl (C=O) groups excluding carboxylic acids is 1. The second-order valence-electron chi connectivity index (χ2n) is 5.24. The van der Waals surface area contributed by atoms with Crippen LogP contribution in [0.25, 0.3) is 0 Å². The minimum absolute atomic E-state index is 0.0423. The highest BCUT2D eigenvalue weighted by molar-refractivity contribution is 7.89. The fourth-order valence-corrected chi connectivity index (χ4v) is 4.66. The smallest absolute Gasteiger partial charge is 0.409 e. The third kappa shape index (κ3) is 4.49. The fourth-order valence-electron chi connectivity index (χ4n) is 2.44.